The van der Waals surface area contributed by atoms with Gasteiger partial charge in [-0.1, -0.05) is 52.5 Å². The highest BCUT2D eigenvalue weighted by molar-refractivity contribution is 8.00. The number of anilines is 1. The normalized spacial score (nSPS) is 10.6. The highest BCUT2D eigenvalue weighted by Crippen LogP contribution is 2.25. The number of benzene rings is 1. The molecule has 1 N–H and O–H groups in total. The van der Waals surface area contributed by atoms with Gasteiger partial charge in [0.15, 0.2) is 4.34 Å². The molecule has 0 fully saturated rings. The number of carbonyl (C=O) groups is 1. The quantitative estimate of drug-likeness (QED) is 0.582. The van der Waals surface area contributed by atoms with Crippen LogP contribution in [0.3, 0.4) is 0 Å². The van der Waals surface area contributed by atoms with E-state index in [4.69, 9.17) is 4.52 Å². The third-order valence-electron chi connectivity index (χ3n) is 2.96. The van der Waals surface area contributed by atoms with Gasteiger partial charge >= 0.3 is 0 Å². The number of carbonyl (C=O) groups excluding carboxylic acids is 1. The summed E-state index contributed by atoms with van der Waals surface area (Å²) >= 11 is 2.78. The van der Waals surface area contributed by atoms with Gasteiger partial charge in [-0.3, -0.25) is 10.1 Å². The molecule has 0 saturated carbocycles. The topological polar surface area (TPSA) is 80.9 Å². The first kappa shape index (κ1) is 14.7. The Morgan fingerprint density at radius 1 is 1.32 bits per heavy atom. The van der Waals surface area contributed by atoms with Gasteiger partial charge in [0.05, 0.1) is 0 Å². The Hall–Kier alpha value is -2.19. The number of amides is 1. The number of hydrogen-bond donors (Lipinski definition) is 1. The first-order valence-corrected chi connectivity index (χ1v) is 8.43. The van der Waals surface area contributed by atoms with Crippen LogP contribution in [0, 0.1) is 6.92 Å². The maximum atomic E-state index is 12.1. The van der Waals surface area contributed by atoms with Crippen molar-refractivity contribution in [2.75, 3.05) is 11.6 Å². The molecular formula is C14H12N4O2S2. The predicted molar refractivity (Wildman–Crippen MR) is 86.3 cm³/mol. The molecule has 6 nitrogen and oxygen atoms in total. The number of nitrogens with one attached hydrogen (secondary N) is 1. The van der Waals surface area contributed by atoms with Crippen molar-refractivity contribution >= 4 is 34.1 Å². The van der Waals surface area contributed by atoms with E-state index in [1.807, 2.05) is 37.4 Å². The lowest BCUT2D eigenvalue weighted by Crippen LogP contribution is -2.10. The second kappa shape index (κ2) is 6.29. The van der Waals surface area contributed by atoms with Gasteiger partial charge in [-0.15, -0.1) is 10.2 Å². The minimum Gasteiger partial charge on any atom is -0.350 e. The van der Waals surface area contributed by atoms with E-state index in [2.05, 4.69) is 20.7 Å². The molecule has 0 aliphatic heterocycles. The third kappa shape index (κ3) is 3.02. The minimum absolute atomic E-state index is 0.138. The van der Waals surface area contributed by atoms with Gasteiger partial charge in [0.25, 0.3) is 5.91 Å². The molecule has 0 atom stereocenters. The molecule has 112 valence electrons. The zero-order valence-electron chi connectivity index (χ0n) is 11.9. The summed E-state index contributed by atoms with van der Waals surface area (Å²) in [5.74, 6) is -0.254. The van der Waals surface area contributed by atoms with Gasteiger partial charge in [-0.05, 0) is 18.7 Å². The summed E-state index contributed by atoms with van der Waals surface area (Å²) in [6.07, 6.45) is 1.90. The van der Waals surface area contributed by atoms with Crippen LogP contribution in [0.15, 0.2) is 39.2 Å². The predicted octanol–water partition coefficient (Wildman–Crippen LogP) is 3.48. The standard InChI is InChI=1S/C14H12N4O2S2/c1-8-5-3-4-6-9(8)10-7-11(20-18-10)12(19)15-13-16-17-14(21-2)22-13/h3-7H,1-2H3,(H,15,16,19). The van der Waals surface area contributed by atoms with E-state index in [0.29, 0.717) is 10.8 Å². The maximum absolute atomic E-state index is 12.1. The molecule has 1 amide bonds. The van der Waals surface area contributed by atoms with Gasteiger partial charge in [0.2, 0.25) is 10.9 Å². The largest absolute Gasteiger partial charge is 0.350 e. The molecule has 22 heavy (non-hydrogen) atoms. The molecule has 0 aliphatic rings. The monoisotopic (exact) mass is 332 g/mol. The zero-order chi connectivity index (χ0) is 15.5. The molecule has 0 aliphatic carbocycles. The molecule has 2 aromatic heterocycles. The van der Waals surface area contributed by atoms with Crippen LogP contribution in [0.4, 0.5) is 5.13 Å². The second-order valence-electron chi connectivity index (χ2n) is 4.42. The molecule has 0 bridgehead atoms. The molecule has 8 heteroatoms. The Kier molecular flexibility index (Phi) is 4.21. The van der Waals surface area contributed by atoms with Crippen LogP contribution in [0.1, 0.15) is 16.1 Å². The van der Waals surface area contributed by atoms with Crippen LogP contribution >= 0.6 is 23.1 Å². The van der Waals surface area contributed by atoms with Gasteiger partial charge < -0.3 is 4.52 Å². The molecule has 2 heterocycles. The number of aromatic nitrogens is 3. The molecule has 0 radical (unpaired) electrons. The average molecular weight is 332 g/mol. The number of rotatable bonds is 4. The van der Waals surface area contributed by atoms with Crippen molar-refractivity contribution in [3.63, 3.8) is 0 Å². The fourth-order valence-electron chi connectivity index (χ4n) is 1.87. The van der Waals surface area contributed by atoms with E-state index in [9.17, 15) is 4.79 Å². The van der Waals surface area contributed by atoms with Crippen molar-refractivity contribution in [2.24, 2.45) is 0 Å². The van der Waals surface area contributed by atoms with Crippen LogP contribution in [-0.2, 0) is 0 Å². The maximum Gasteiger partial charge on any atom is 0.296 e. The minimum atomic E-state index is -0.392. The summed E-state index contributed by atoms with van der Waals surface area (Å²) in [5.41, 5.74) is 2.63. The molecule has 0 unspecified atom stereocenters. The van der Waals surface area contributed by atoms with Gasteiger partial charge in [-0.25, -0.2) is 0 Å². The van der Waals surface area contributed by atoms with Crippen LogP contribution in [0.2, 0.25) is 0 Å². The lowest BCUT2D eigenvalue weighted by Gasteiger charge is -1.99. The first-order valence-electron chi connectivity index (χ1n) is 6.39. The Balaban J connectivity index is 1.78. The van der Waals surface area contributed by atoms with Crippen molar-refractivity contribution in [1.29, 1.82) is 0 Å². The van der Waals surface area contributed by atoms with Crippen LogP contribution in [0.25, 0.3) is 11.3 Å². The molecular weight excluding hydrogens is 320 g/mol. The summed E-state index contributed by atoms with van der Waals surface area (Å²) < 4.78 is 5.92. The fraction of sp³-hybridized carbons (Fsp3) is 0.143. The Morgan fingerprint density at radius 3 is 2.86 bits per heavy atom. The summed E-state index contributed by atoms with van der Waals surface area (Å²) in [6, 6.07) is 9.40. The van der Waals surface area contributed by atoms with E-state index >= 15 is 0 Å². The molecule has 0 saturated heterocycles. The summed E-state index contributed by atoms with van der Waals surface area (Å²) in [7, 11) is 0. The third-order valence-corrected chi connectivity index (χ3v) is 4.77. The van der Waals surface area contributed by atoms with Gasteiger partial charge in [0, 0.05) is 11.6 Å². The van der Waals surface area contributed by atoms with Crippen LogP contribution in [-0.4, -0.2) is 27.5 Å². The Morgan fingerprint density at radius 2 is 2.14 bits per heavy atom. The van der Waals surface area contributed by atoms with E-state index in [-0.39, 0.29) is 5.76 Å². The number of nitrogens with zero attached hydrogens (tertiary/aromatic N) is 3. The zero-order valence-corrected chi connectivity index (χ0v) is 13.5. The van der Waals surface area contributed by atoms with Crippen molar-refractivity contribution < 1.29 is 9.32 Å². The number of hydrogen-bond acceptors (Lipinski definition) is 7. The van der Waals surface area contributed by atoms with E-state index in [1.165, 1.54) is 23.1 Å². The van der Waals surface area contributed by atoms with Gasteiger partial charge in [0.1, 0.15) is 5.69 Å². The SMILES string of the molecule is CSc1nnc(NC(=O)c2cc(-c3ccccc3C)no2)s1. The van der Waals surface area contributed by atoms with E-state index in [0.717, 1.165) is 15.5 Å². The highest BCUT2D eigenvalue weighted by atomic mass is 32.2. The smallest absolute Gasteiger partial charge is 0.296 e. The van der Waals surface area contributed by atoms with Crippen LogP contribution in [0.5, 0.6) is 0 Å². The molecule has 1 aromatic carbocycles. The number of thioether (sulfide) groups is 1. The Labute approximate surface area is 134 Å². The highest BCUT2D eigenvalue weighted by Gasteiger charge is 2.16. The van der Waals surface area contributed by atoms with Crippen LogP contribution < -0.4 is 5.32 Å². The molecule has 3 rings (SSSR count). The van der Waals surface area contributed by atoms with E-state index in [1.54, 1.807) is 6.07 Å². The van der Waals surface area contributed by atoms with E-state index < -0.39 is 5.91 Å². The van der Waals surface area contributed by atoms with Crippen molar-refractivity contribution in [3.8, 4) is 11.3 Å². The molecule has 3 aromatic rings. The lowest BCUT2D eigenvalue weighted by atomic mass is 10.1. The summed E-state index contributed by atoms with van der Waals surface area (Å²) in [6.45, 7) is 1.98. The van der Waals surface area contributed by atoms with Crippen molar-refractivity contribution in [2.45, 2.75) is 11.3 Å². The number of aryl methyl sites for hydroxylation is 1. The Bertz CT molecular complexity index is 813. The van der Waals surface area contributed by atoms with Gasteiger partial charge in [-0.2, -0.15) is 0 Å². The lowest BCUT2D eigenvalue weighted by molar-refractivity contribution is 0.0988. The average Bonchev–Trinajstić information content (AvgIpc) is 3.16. The van der Waals surface area contributed by atoms with Crippen molar-refractivity contribution in [1.82, 2.24) is 15.4 Å². The fourth-order valence-corrected chi connectivity index (χ4v) is 3.04. The second-order valence-corrected chi connectivity index (χ2v) is 6.45. The van der Waals surface area contributed by atoms with Crippen molar-refractivity contribution in [3.05, 3.63) is 41.7 Å². The molecule has 0 spiro atoms. The summed E-state index contributed by atoms with van der Waals surface area (Å²) in [5, 5.41) is 14.8. The first-order chi connectivity index (χ1) is 10.7. The summed E-state index contributed by atoms with van der Waals surface area (Å²) in [4.78, 5) is 12.1.